The summed E-state index contributed by atoms with van der Waals surface area (Å²) in [6.45, 7) is 9.25. The monoisotopic (exact) mass is 930 g/mol. The average molecular weight is 931 g/mol. The van der Waals surface area contributed by atoms with E-state index >= 15 is 0 Å². The molecule has 0 aliphatic carbocycles. The van der Waals surface area contributed by atoms with E-state index in [4.69, 9.17) is 20.6 Å². The van der Waals surface area contributed by atoms with Crippen molar-refractivity contribution in [3.8, 4) is 0 Å². The molecule has 3 aliphatic heterocycles. The summed E-state index contributed by atoms with van der Waals surface area (Å²) in [5.41, 5.74) is 4.02. The van der Waals surface area contributed by atoms with Gasteiger partial charge in [-0.15, -0.1) is 0 Å². The van der Waals surface area contributed by atoms with E-state index in [1.165, 1.54) is 22.8 Å². The summed E-state index contributed by atoms with van der Waals surface area (Å²) in [6.07, 6.45) is 7.42. The largest absolute Gasteiger partial charge is 0.458 e. The number of unbranched alkanes of at least 4 members (excludes halogenated alkanes) is 4. The highest BCUT2D eigenvalue weighted by Crippen LogP contribution is 2.41. The zero-order chi connectivity index (χ0) is 49.1. The van der Waals surface area contributed by atoms with Gasteiger partial charge in [-0.2, -0.15) is 0 Å². The Bertz CT molecular complexity index is 2270. The number of hydrogen-bond donors (Lipinski definition) is 7. The minimum Gasteiger partial charge on any atom is -0.458 e. The number of esters is 1. The molecule has 1 unspecified atom stereocenters. The van der Waals surface area contributed by atoms with Crippen LogP contribution in [-0.4, -0.2) is 93.1 Å². The van der Waals surface area contributed by atoms with Crippen LogP contribution in [0.5, 0.6) is 0 Å². The number of fused-ring (bicyclic) bond motifs is 2. The fraction of sp³-hybridized carbons (Fsp3) is 0.562. The molecular weight excluding hydrogens is 865 g/mol. The van der Waals surface area contributed by atoms with Gasteiger partial charge >= 0.3 is 12.1 Å². The second-order valence-electron chi connectivity index (χ2n) is 18.1. The number of nitrogens with two attached hydrogens (primary N) is 1. The Morgan fingerprint density at radius 3 is 2.25 bits per heavy atom. The summed E-state index contributed by atoms with van der Waals surface area (Å²) < 4.78 is 12.2. The van der Waals surface area contributed by atoms with Gasteiger partial charge in [-0.3, -0.25) is 38.2 Å². The van der Waals surface area contributed by atoms with E-state index in [1.54, 1.807) is 52.0 Å². The topological polar surface area (TPSA) is 281 Å². The predicted molar refractivity (Wildman–Crippen MR) is 247 cm³/mol. The van der Waals surface area contributed by atoms with Crippen LogP contribution in [0, 0.1) is 11.3 Å². The molecule has 5 atom stereocenters. The fourth-order valence-corrected chi connectivity index (χ4v) is 8.67. The molecule has 364 valence electrons. The molecule has 4 heterocycles. The Labute approximate surface area is 390 Å². The molecule has 2 aromatic rings. The van der Waals surface area contributed by atoms with Gasteiger partial charge in [-0.25, -0.2) is 9.59 Å². The molecule has 0 saturated heterocycles. The number of nitrogens with zero attached hydrogens (tertiary/aromatic N) is 2. The van der Waals surface area contributed by atoms with Gasteiger partial charge in [0.05, 0.1) is 22.5 Å². The van der Waals surface area contributed by atoms with Crippen molar-refractivity contribution in [2.75, 3.05) is 18.4 Å². The lowest BCUT2D eigenvalue weighted by Crippen LogP contribution is -2.61. The molecule has 1 aromatic carbocycles. The number of anilines is 1. The van der Waals surface area contributed by atoms with Gasteiger partial charge in [0.2, 0.25) is 17.7 Å². The maximum Gasteiger partial charge on any atom is 0.407 e. The van der Waals surface area contributed by atoms with E-state index in [9.17, 15) is 43.5 Å². The molecule has 6 amide bonds. The molecule has 67 heavy (non-hydrogen) atoms. The van der Waals surface area contributed by atoms with Crippen molar-refractivity contribution in [3.05, 3.63) is 75.2 Å². The van der Waals surface area contributed by atoms with Crippen LogP contribution >= 0.6 is 0 Å². The van der Waals surface area contributed by atoms with Crippen LogP contribution in [0.25, 0.3) is 0 Å². The summed E-state index contributed by atoms with van der Waals surface area (Å²) in [7, 11) is 0. The van der Waals surface area contributed by atoms with Crippen molar-refractivity contribution in [1.82, 2.24) is 25.4 Å². The third kappa shape index (κ3) is 12.2. The number of ether oxygens (including phenoxy) is 2. The third-order valence-electron chi connectivity index (χ3n) is 12.7. The Kier molecular flexibility index (Phi) is 17.8. The number of alkyl carbamates (subject to hydrolysis) is 1. The van der Waals surface area contributed by atoms with Crippen LogP contribution < -0.4 is 32.6 Å². The molecule has 0 fully saturated rings. The smallest absolute Gasteiger partial charge is 0.407 e. The van der Waals surface area contributed by atoms with E-state index in [2.05, 4.69) is 21.3 Å². The van der Waals surface area contributed by atoms with Gasteiger partial charge in [0.15, 0.2) is 5.60 Å². The fourth-order valence-electron chi connectivity index (χ4n) is 8.67. The van der Waals surface area contributed by atoms with E-state index in [-0.39, 0.29) is 79.5 Å². The number of benzene rings is 1. The van der Waals surface area contributed by atoms with Crippen molar-refractivity contribution in [2.45, 2.75) is 154 Å². The summed E-state index contributed by atoms with van der Waals surface area (Å²) in [6, 6.07) is 5.88. The minimum absolute atomic E-state index is 0.000248. The summed E-state index contributed by atoms with van der Waals surface area (Å²) >= 11 is 0. The Morgan fingerprint density at radius 1 is 0.910 bits per heavy atom. The normalized spacial score (nSPS) is 19.7. The van der Waals surface area contributed by atoms with E-state index in [1.807, 2.05) is 6.92 Å². The second kappa shape index (κ2) is 23.0. The van der Waals surface area contributed by atoms with Crippen molar-refractivity contribution in [3.63, 3.8) is 0 Å². The van der Waals surface area contributed by atoms with Crippen LogP contribution in [0.15, 0.2) is 47.3 Å². The maximum atomic E-state index is 13.8. The molecule has 0 radical (unpaired) electrons. The van der Waals surface area contributed by atoms with Gasteiger partial charge in [0, 0.05) is 42.4 Å². The van der Waals surface area contributed by atoms with Crippen LogP contribution in [-0.2, 0) is 62.6 Å². The van der Waals surface area contributed by atoms with E-state index in [0.717, 1.165) is 17.7 Å². The number of amides is 6. The molecule has 0 bridgehead atoms. The van der Waals surface area contributed by atoms with Crippen LogP contribution in [0.4, 0.5) is 10.5 Å². The van der Waals surface area contributed by atoms with Gasteiger partial charge in [0.1, 0.15) is 25.3 Å². The predicted octanol–water partition coefficient (Wildman–Crippen LogP) is 3.65. The second-order valence-corrected chi connectivity index (χ2v) is 18.1. The molecule has 8 N–H and O–H groups in total. The molecule has 0 spiro atoms. The number of imide groups is 1. The van der Waals surface area contributed by atoms with Gasteiger partial charge in [0.25, 0.3) is 17.4 Å². The lowest BCUT2D eigenvalue weighted by Gasteiger charge is -2.47. The highest BCUT2D eigenvalue weighted by Gasteiger charge is 2.51. The molecule has 19 nitrogen and oxygen atoms in total. The summed E-state index contributed by atoms with van der Waals surface area (Å²) in [4.78, 5) is 104. The molecule has 5 rings (SSSR count). The first-order chi connectivity index (χ1) is 31.9. The number of aliphatic hydroxyl groups is 1. The Hall–Kier alpha value is -6.21. The van der Waals surface area contributed by atoms with Crippen molar-refractivity contribution >= 4 is 53.0 Å². The van der Waals surface area contributed by atoms with Crippen molar-refractivity contribution < 1.29 is 48.1 Å². The first kappa shape index (κ1) is 51.8. The van der Waals surface area contributed by atoms with Crippen LogP contribution in [0.2, 0.25) is 0 Å². The third-order valence-corrected chi connectivity index (χ3v) is 12.7. The van der Waals surface area contributed by atoms with Crippen LogP contribution in [0.1, 0.15) is 134 Å². The van der Waals surface area contributed by atoms with Crippen molar-refractivity contribution in [1.29, 1.82) is 5.41 Å². The van der Waals surface area contributed by atoms with Crippen molar-refractivity contribution in [2.24, 2.45) is 11.7 Å². The SMILES string of the molecule is CCCC[C@@H](CC1(C)C(=N)c2cc3c(c(=O)n21)COC(=O)[C@]3(O)CC)NC(=O)OCc1ccc(NC(=O)[C@H](CCCCN)NC(=O)[C@@H](NC(=O)CCCCCN2C(=O)C=CC2=O)C(C)C)cc1. The number of rotatable bonds is 25. The highest BCUT2D eigenvalue weighted by atomic mass is 16.6. The van der Waals surface area contributed by atoms with Gasteiger partial charge < -0.3 is 47.0 Å². The number of carbonyl (C=O) groups is 7. The quantitative estimate of drug-likeness (QED) is 0.0427. The summed E-state index contributed by atoms with van der Waals surface area (Å²) in [5, 5.41) is 31.4. The standard InChI is InChI=1S/C48H66N8O11/c1-6-8-14-32(26-47(5)41(50)36-25-34-33(44(62)56(36)47)28-66-45(63)48(34,65)7-2)52-46(64)67-27-30-17-19-31(20-18-30)51-42(60)35(15-11-12-23-49)53-43(61)40(29(3)4)54-37(57)16-10-9-13-24-55-38(58)21-22-39(55)59/h17-22,25,29,32,35,40,50,65H,6-16,23-24,26-28,49H2,1-5H3,(H,51,60)(H,52,64)(H,53,61)(H,54,57)/t32-,35-,40-,47?,48-/m0/s1. The number of aromatic nitrogens is 1. The number of cyclic esters (lactones) is 1. The Balaban J connectivity index is 1.13. The molecular formula is C48H66N8O11. The molecule has 3 aliphatic rings. The van der Waals surface area contributed by atoms with E-state index < -0.39 is 58.7 Å². The number of hydrogen-bond acceptors (Lipinski definition) is 13. The van der Waals surface area contributed by atoms with Crippen LogP contribution in [0.3, 0.4) is 0 Å². The molecule has 1 aromatic heterocycles. The zero-order valence-corrected chi connectivity index (χ0v) is 39.2. The van der Waals surface area contributed by atoms with Gasteiger partial charge in [-0.05, 0) is 94.5 Å². The number of nitrogens with one attached hydrogen (secondary N) is 5. The first-order valence-electron chi connectivity index (χ1n) is 23.3. The van der Waals surface area contributed by atoms with Gasteiger partial charge in [-0.1, -0.05) is 59.1 Å². The summed E-state index contributed by atoms with van der Waals surface area (Å²) in [5.74, 6) is -3.12. The lowest BCUT2D eigenvalue weighted by molar-refractivity contribution is -0.172. The first-order valence-corrected chi connectivity index (χ1v) is 23.3. The number of pyridine rings is 1. The lowest BCUT2D eigenvalue weighted by atomic mass is 9.75. The average Bonchev–Trinajstić information content (AvgIpc) is 3.62. The molecule has 0 saturated carbocycles. The Morgan fingerprint density at radius 2 is 1.61 bits per heavy atom. The molecule has 19 heteroatoms. The van der Waals surface area contributed by atoms with E-state index in [0.29, 0.717) is 68.4 Å². The minimum atomic E-state index is -1.98. The zero-order valence-electron chi connectivity index (χ0n) is 39.2. The highest BCUT2D eigenvalue weighted by molar-refractivity contribution is 6.13. The maximum absolute atomic E-state index is 13.8. The number of carbonyl (C=O) groups excluding carboxylic acids is 7.